The molecule has 0 fully saturated rings. The van der Waals surface area contributed by atoms with Gasteiger partial charge in [0, 0.05) is 13.1 Å². The maximum atomic E-state index is 12.3. The molecule has 2 aromatic heterocycles. The fourth-order valence-electron chi connectivity index (χ4n) is 2.44. The van der Waals surface area contributed by atoms with E-state index in [4.69, 9.17) is 9.47 Å². The zero-order valence-corrected chi connectivity index (χ0v) is 17.1. The molecule has 0 bridgehead atoms. The Balaban J connectivity index is 2.33. The fraction of sp³-hybridized carbons (Fsp3) is 0.409. The molecule has 29 heavy (non-hydrogen) atoms. The number of Topliss-reactive ketones (excluding diaryl/α,β-unsaturated/α-hetero) is 1. The van der Waals surface area contributed by atoms with Gasteiger partial charge >= 0.3 is 11.9 Å². The van der Waals surface area contributed by atoms with Crippen LogP contribution >= 0.6 is 0 Å². The number of hydrogen-bond acceptors (Lipinski definition) is 7. The number of rotatable bonds is 10. The van der Waals surface area contributed by atoms with Crippen LogP contribution in [0.5, 0.6) is 0 Å². The zero-order chi connectivity index (χ0) is 21.2. The van der Waals surface area contributed by atoms with Gasteiger partial charge in [0.25, 0.3) is 0 Å². The summed E-state index contributed by atoms with van der Waals surface area (Å²) in [6.07, 6.45) is 4.84. The molecular formula is C22H26N2O5. The van der Waals surface area contributed by atoms with Crippen LogP contribution in [-0.2, 0) is 9.47 Å². The topological polar surface area (TPSA) is 95.5 Å². The van der Waals surface area contributed by atoms with Crippen LogP contribution in [0.15, 0.2) is 30.5 Å². The number of ketones is 1. The number of hydrogen-bond donors (Lipinski definition) is 0. The highest BCUT2D eigenvalue weighted by molar-refractivity contribution is 5.97. The van der Waals surface area contributed by atoms with Gasteiger partial charge in [-0.2, -0.15) is 0 Å². The first-order valence-corrected chi connectivity index (χ1v) is 9.80. The summed E-state index contributed by atoms with van der Waals surface area (Å²) >= 11 is 0. The maximum Gasteiger partial charge on any atom is 0.338 e. The molecule has 0 saturated carbocycles. The van der Waals surface area contributed by atoms with Gasteiger partial charge in [0.1, 0.15) is 5.69 Å². The van der Waals surface area contributed by atoms with E-state index in [0.29, 0.717) is 30.2 Å². The summed E-state index contributed by atoms with van der Waals surface area (Å²) in [5.74, 6) is -1.27. The smallest absolute Gasteiger partial charge is 0.338 e. The number of unbranched alkanes of at least 4 members (excludes halogenated alkanes) is 2. The first-order valence-electron chi connectivity index (χ1n) is 9.80. The number of nitrogens with zero attached hydrogens (tertiary/aromatic N) is 2. The summed E-state index contributed by atoms with van der Waals surface area (Å²) in [5.41, 5.74) is 1.34. The van der Waals surface area contributed by atoms with Gasteiger partial charge in [-0.05, 0) is 37.1 Å². The van der Waals surface area contributed by atoms with Crippen molar-refractivity contribution in [3.63, 3.8) is 0 Å². The second-order valence-corrected chi connectivity index (χ2v) is 6.59. The van der Waals surface area contributed by atoms with E-state index in [-0.39, 0.29) is 17.0 Å². The Morgan fingerprint density at radius 2 is 1.45 bits per heavy atom. The lowest BCUT2D eigenvalue weighted by Crippen LogP contribution is -2.10. The van der Waals surface area contributed by atoms with Crippen LogP contribution in [0.3, 0.4) is 0 Å². The first-order chi connectivity index (χ1) is 14.0. The van der Waals surface area contributed by atoms with Gasteiger partial charge in [0.15, 0.2) is 5.78 Å². The molecular weight excluding hydrogens is 372 g/mol. The van der Waals surface area contributed by atoms with E-state index < -0.39 is 11.9 Å². The number of pyridine rings is 2. The molecule has 7 heteroatoms. The fourth-order valence-corrected chi connectivity index (χ4v) is 2.44. The van der Waals surface area contributed by atoms with E-state index in [1.165, 1.54) is 31.3 Å². The van der Waals surface area contributed by atoms with Crippen LogP contribution in [0.1, 0.15) is 77.7 Å². The van der Waals surface area contributed by atoms with E-state index in [9.17, 15) is 14.4 Å². The maximum absolute atomic E-state index is 12.3. The third-order valence-corrected chi connectivity index (χ3v) is 4.14. The summed E-state index contributed by atoms with van der Waals surface area (Å²) in [4.78, 5) is 44.9. The van der Waals surface area contributed by atoms with Crippen molar-refractivity contribution in [2.24, 2.45) is 0 Å². The van der Waals surface area contributed by atoms with Crippen LogP contribution < -0.4 is 0 Å². The molecule has 0 aliphatic rings. The molecule has 0 N–H and O–H groups in total. The minimum absolute atomic E-state index is 0.127. The monoisotopic (exact) mass is 398 g/mol. The summed E-state index contributed by atoms with van der Waals surface area (Å²) in [7, 11) is 0. The number of esters is 2. The van der Waals surface area contributed by atoms with Crippen molar-refractivity contribution in [2.45, 2.75) is 46.5 Å². The van der Waals surface area contributed by atoms with E-state index >= 15 is 0 Å². The van der Waals surface area contributed by atoms with Crippen molar-refractivity contribution in [3.8, 4) is 11.4 Å². The Morgan fingerprint density at radius 1 is 0.862 bits per heavy atom. The van der Waals surface area contributed by atoms with E-state index in [2.05, 4.69) is 9.97 Å². The summed E-state index contributed by atoms with van der Waals surface area (Å²) in [6.45, 7) is 6.03. The summed E-state index contributed by atoms with van der Waals surface area (Å²) in [5, 5.41) is 0. The van der Waals surface area contributed by atoms with Crippen molar-refractivity contribution >= 4 is 17.7 Å². The number of carbonyl (C=O) groups is 3. The Morgan fingerprint density at radius 3 is 2.03 bits per heavy atom. The van der Waals surface area contributed by atoms with E-state index in [1.54, 1.807) is 6.07 Å². The number of aromatic nitrogens is 2. The third kappa shape index (κ3) is 6.48. The molecule has 0 spiro atoms. The van der Waals surface area contributed by atoms with Gasteiger partial charge in [0.05, 0.1) is 35.7 Å². The van der Waals surface area contributed by atoms with Crippen LogP contribution in [0.4, 0.5) is 0 Å². The van der Waals surface area contributed by atoms with E-state index in [1.807, 2.05) is 13.8 Å². The van der Waals surface area contributed by atoms with Crippen molar-refractivity contribution < 1.29 is 23.9 Å². The molecule has 2 heterocycles. The molecule has 0 radical (unpaired) electrons. The van der Waals surface area contributed by atoms with Crippen LogP contribution in [0.25, 0.3) is 11.4 Å². The van der Waals surface area contributed by atoms with Crippen molar-refractivity contribution in [3.05, 3.63) is 47.3 Å². The molecule has 0 aliphatic carbocycles. The lowest BCUT2D eigenvalue weighted by molar-refractivity contribution is 0.0490. The van der Waals surface area contributed by atoms with Crippen LogP contribution in [-0.4, -0.2) is 40.9 Å². The van der Waals surface area contributed by atoms with Crippen molar-refractivity contribution in [1.82, 2.24) is 9.97 Å². The summed E-state index contributed by atoms with van der Waals surface area (Å²) in [6, 6.07) is 6.00. The van der Waals surface area contributed by atoms with Gasteiger partial charge < -0.3 is 9.47 Å². The largest absolute Gasteiger partial charge is 0.462 e. The highest BCUT2D eigenvalue weighted by Crippen LogP contribution is 2.20. The Labute approximate surface area is 170 Å². The highest BCUT2D eigenvalue weighted by Gasteiger charge is 2.16. The van der Waals surface area contributed by atoms with Crippen molar-refractivity contribution in [2.75, 3.05) is 13.2 Å². The molecule has 0 unspecified atom stereocenters. The Bertz CT molecular complexity index is 879. The molecule has 0 saturated heterocycles. The quantitative estimate of drug-likeness (QED) is 0.335. The molecule has 2 aromatic rings. The molecule has 2 rings (SSSR count). The lowest BCUT2D eigenvalue weighted by Gasteiger charge is -2.09. The first kappa shape index (κ1) is 22.2. The van der Waals surface area contributed by atoms with E-state index in [0.717, 1.165) is 25.7 Å². The molecule has 0 atom stereocenters. The van der Waals surface area contributed by atoms with Crippen molar-refractivity contribution in [1.29, 1.82) is 0 Å². The predicted molar refractivity (Wildman–Crippen MR) is 108 cm³/mol. The van der Waals surface area contributed by atoms with Gasteiger partial charge in [-0.1, -0.05) is 26.7 Å². The second kappa shape index (κ2) is 11.0. The second-order valence-electron chi connectivity index (χ2n) is 6.59. The SMILES string of the molecule is CCCCOC(=O)c1ccnc(-c2cc(C(=O)OCCCC)cc(C(C)=O)n2)c1. The number of carbonyl (C=O) groups excluding carboxylic acids is 3. The average Bonchev–Trinajstić information content (AvgIpc) is 2.73. The molecule has 0 aliphatic heterocycles. The third-order valence-electron chi connectivity index (χ3n) is 4.14. The number of ether oxygens (including phenoxy) is 2. The van der Waals surface area contributed by atoms with Gasteiger partial charge in [-0.15, -0.1) is 0 Å². The zero-order valence-electron chi connectivity index (χ0n) is 17.1. The van der Waals surface area contributed by atoms with Crippen LogP contribution in [0, 0.1) is 0 Å². The van der Waals surface area contributed by atoms with Crippen LogP contribution in [0.2, 0.25) is 0 Å². The normalized spacial score (nSPS) is 10.4. The Kier molecular flexibility index (Phi) is 8.45. The summed E-state index contributed by atoms with van der Waals surface area (Å²) < 4.78 is 10.5. The lowest BCUT2D eigenvalue weighted by atomic mass is 10.1. The minimum atomic E-state index is -0.528. The molecule has 154 valence electrons. The Hall–Kier alpha value is -3.09. The minimum Gasteiger partial charge on any atom is -0.462 e. The molecule has 0 amide bonds. The molecule has 7 nitrogen and oxygen atoms in total. The molecule has 0 aromatic carbocycles. The highest BCUT2D eigenvalue weighted by atomic mass is 16.5. The average molecular weight is 398 g/mol. The predicted octanol–water partition coefficient (Wildman–Crippen LogP) is 4.26. The van der Waals surface area contributed by atoms with Gasteiger partial charge in [-0.3, -0.25) is 9.78 Å². The van der Waals surface area contributed by atoms with Gasteiger partial charge in [-0.25, -0.2) is 14.6 Å². The standard InChI is InChI=1S/C22H26N2O5/c1-4-6-10-28-21(26)16-8-9-23-19(12-16)20-14-17(13-18(24-20)15(3)25)22(27)29-11-7-5-2/h8-9,12-14H,4-7,10-11H2,1-3H3. The van der Waals surface area contributed by atoms with Gasteiger partial charge in [0.2, 0.25) is 0 Å².